The molecule has 2 aromatic carbocycles. The number of hydrogen-bond donors (Lipinski definition) is 1. The minimum atomic E-state index is -0.805. The number of amides is 2. The van der Waals surface area contributed by atoms with Crippen LogP contribution in [0.25, 0.3) is 0 Å². The van der Waals surface area contributed by atoms with Gasteiger partial charge in [-0.25, -0.2) is 9.59 Å². The van der Waals surface area contributed by atoms with Crippen LogP contribution in [0.1, 0.15) is 38.0 Å². The van der Waals surface area contributed by atoms with Crippen molar-refractivity contribution in [2.45, 2.75) is 43.9 Å². The number of hydrogen-bond acceptors (Lipinski definition) is 6. The molecule has 4 rings (SSSR count). The van der Waals surface area contributed by atoms with E-state index in [1.165, 1.54) is 16.7 Å². The molecule has 0 bridgehead atoms. The second-order valence-corrected chi connectivity index (χ2v) is 11.0. The number of ether oxygens (including phenoxy) is 2. The van der Waals surface area contributed by atoms with Crippen molar-refractivity contribution in [2.75, 3.05) is 11.6 Å². The Morgan fingerprint density at radius 1 is 1.11 bits per heavy atom. The fourth-order valence-electron chi connectivity index (χ4n) is 4.13. The Hall–Kier alpha value is -3.23. The monoisotopic (exact) mass is 540 g/mol. The van der Waals surface area contributed by atoms with Crippen LogP contribution in [-0.4, -0.2) is 51.5 Å². The van der Waals surface area contributed by atoms with Gasteiger partial charge in [0.05, 0.1) is 0 Å². The molecule has 1 unspecified atom stereocenters. The lowest BCUT2D eigenvalue weighted by Crippen LogP contribution is -2.70. The summed E-state index contributed by atoms with van der Waals surface area (Å²) in [6, 6.07) is 18.1. The summed E-state index contributed by atoms with van der Waals surface area (Å²) < 4.78 is 11.4. The number of allylic oxidation sites excluding steroid dienone is 2. The van der Waals surface area contributed by atoms with Gasteiger partial charge in [-0.3, -0.25) is 9.69 Å². The molecule has 0 saturated carbocycles. The van der Waals surface area contributed by atoms with Crippen LogP contribution in [0.3, 0.4) is 0 Å². The smallest absolute Gasteiger partial charge is 0.408 e. The summed E-state index contributed by atoms with van der Waals surface area (Å²) in [6.45, 7) is 5.25. The molecule has 9 heteroatoms. The fraction of sp³-hybridized carbons (Fsp3) is 0.321. The number of thioether (sulfide) groups is 1. The molecule has 37 heavy (non-hydrogen) atoms. The summed E-state index contributed by atoms with van der Waals surface area (Å²) in [4.78, 5) is 40.6. The van der Waals surface area contributed by atoms with Crippen LogP contribution < -0.4 is 5.32 Å². The zero-order valence-electron chi connectivity index (χ0n) is 20.8. The van der Waals surface area contributed by atoms with Gasteiger partial charge in [0.25, 0.3) is 5.91 Å². The maximum Gasteiger partial charge on any atom is 0.408 e. The fourth-order valence-corrected chi connectivity index (χ4v) is 5.54. The number of nitrogens with zero attached hydrogens (tertiary/aromatic N) is 1. The van der Waals surface area contributed by atoms with Gasteiger partial charge in [0.2, 0.25) is 0 Å². The molecular weight excluding hydrogens is 512 g/mol. The summed E-state index contributed by atoms with van der Waals surface area (Å²) in [6.07, 6.45) is 2.12. The summed E-state index contributed by atoms with van der Waals surface area (Å²) in [5, 5.41) is 2.19. The molecule has 1 fully saturated rings. The second-order valence-electron chi connectivity index (χ2n) is 9.57. The highest BCUT2D eigenvalue weighted by Crippen LogP contribution is 2.42. The molecular formula is C28H29ClN2O5S. The van der Waals surface area contributed by atoms with E-state index in [4.69, 9.17) is 21.1 Å². The molecule has 0 aliphatic carbocycles. The third-order valence-electron chi connectivity index (χ3n) is 5.70. The van der Waals surface area contributed by atoms with Crippen molar-refractivity contribution < 1.29 is 23.9 Å². The Kier molecular flexibility index (Phi) is 8.29. The number of alkyl halides is 1. The molecule has 2 aliphatic heterocycles. The van der Waals surface area contributed by atoms with Gasteiger partial charge in [-0.15, -0.1) is 23.4 Å². The molecule has 0 spiro atoms. The van der Waals surface area contributed by atoms with Crippen LogP contribution in [0.15, 0.2) is 84.1 Å². The van der Waals surface area contributed by atoms with Gasteiger partial charge in [0.1, 0.15) is 22.7 Å². The molecule has 2 atom stereocenters. The first-order valence-corrected chi connectivity index (χ1v) is 13.5. The number of halogens is 1. The number of benzene rings is 2. The highest BCUT2D eigenvalue weighted by atomic mass is 35.5. The van der Waals surface area contributed by atoms with E-state index in [2.05, 4.69) is 5.32 Å². The quantitative estimate of drug-likeness (QED) is 0.296. The lowest BCUT2D eigenvalue weighted by atomic mass is 10.0. The SMILES string of the molecule is CC(C)(C)OC(=O)NC1C(=O)N2C(C(=O)OC(c3ccccc3)c3ccccc3)=C(/C=C\CCl)CS[C@@H]12. The molecule has 2 amide bonds. The van der Waals surface area contributed by atoms with E-state index in [-0.39, 0.29) is 11.6 Å². The molecule has 7 nitrogen and oxygen atoms in total. The van der Waals surface area contributed by atoms with Gasteiger partial charge in [-0.2, -0.15) is 0 Å². The highest BCUT2D eigenvalue weighted by Gasteiger charge is 2.54. The lowest BCUT2D eigenvalue weighted by Gasteiger charge is -2.49. The number of carbonyl (C=O) groups excluding carboxylic acids is 3. The van der Waals surface area contributed by atoms with Crippen LogP contribution in [0, 0.1) is 0 Å². The van der Waals surface area contributed by atoms with Crippen LogP contribution >= 0.6 is 23.4 Å². The van der Waals surface area contributed by atoms with E-state index in [1.54, 1.807) is 32.9 Å². The maximum atomic E-state index is 13.7. The topological polar surface area (TPSA) is 84.9 Å². The Morgan fingerprint density at radius 3 is 2.24 bits per heavy atom. The Bertz CT molecular complexity index is 1170. The molecule has 2 heterocycles. The van der Waals surface area contributed by atoms with Crippen LogP contribution in [0.5, 0.6) is 0 Å². The predicted molar refractivity (Wildman–Crippen MR) is 144 cm³/mol. The largest absolute Gasteiger partial charge is 0.448 e. The molecule has 2 aromatic rings. The first-order chi connectivity index (χ1) is 17.7. The van der Waals surface area contributed by atoms with Crippen molar-refractivity contribution >= 4 is 41.3 Å². The van der Waals surface area contributed by atoms with E-state index in [0.717, 1.165) is 11.1 Å². The number of fused-ring (bicyclic) bond motifs is 1. The summed E-state index contributed by atoms with van der Waals surface area (Å²) in [5.74, 6) is -0.322. The van der Waals surface area contributed by atoms with Crippen molar-refractivity contribution in [3.8, 4) is 0 Å². The molecule has 1 saturated heterocycles. The number of alkyl carbamates (subject to hydrolysis) is 1. The number of carbonyl (C=O) groups is 3. The zero-order valence-corrected chi connectivity index (χ0v) is 22.4. The second kappa shape index (κ2) is 11.4. The van der Waals surface area contributed by atoms with E-state index in [9.17, 15) is 14.4 Å². The summed E-state index contributed by atoms with van der Waals surface area (Å²) in [5.41, 5.74) is 1.71. The van der Waals surface area contributed by atoms with Crippen molar-refractivity contribution in [3.63, 3.8) is 0 Å². The maximum absolute atomic E-state index is 13.7. The lowest BCUT2D eigenvalue weighted by molar-refractivity contribution is -0.153. The summed E-state index contributed by atoms with van der Waals surface area (Å²) in [7, 11) is 0. The number of rotatable bonds is 7. The third-order valence-corrected chi connectivity index (χ3v) is 7.18. The number of esters is 1. The van der Waals surface area contributed by atoms with Crippen molar-refractivity contribution in [1.82, 2.24) is 10.2 Å². The van der Waals surface area contributed by atoms with Gasteiger partial charge < -0.3 is 14.8 Å². The van der Waals surface area contributed by atoms with E-state index in [1.807, 2.05) is 60.7 Å². The van der Waals surface area contributed by atoms with Gasteiger partial charge in [0, 0.05) is 11.6 Å². The van der Waals surface area contributed by atoms with Gasteiger partial charge >= 0.3 is 12.1 Å². The van der Waals surface area contributed by atoms with Crippen molar-refractivity contribution in [1.29, 1.82) is 0 Å². The molecule has 0 aromatic heterocycles. The Balaban J connectivity index is 1.62. The summed E-state index contributed by atoms with van der Waals surface area (Å²) >= 11 is 7.31. The molecule has 2 aliphatic rings. The highest BCUT2D eigenvalue weighted by molar-refractivity contribution is 8.00. The average molecular weight is 541 g/mol. The van der Waals surface area contributed by atoms with E-state index >= 15 is 0 Å². The zero-order chi connectivity index (χ0) is 26.6. The van der Waals surface area contributed by atoms with Crippen LogP contribution in [-0.2, 0) is 19.1 Å². The standard InChI is InChI=1S/C28H29ClN2O5S/c1-28(2,3)36-27(34)30-21-24(32)31-22(20(15-10-16-29)17-37-25(21)31)26(33)35-23(18-11-6-4-7-12-18)19-13-8-5-9-14-19/h4-15,21,23,25H,16-17H2,1-3H3,(H,30,34)/b15-10-/t21?,25-/m0/s1. The first kappa shape index (κ1) is 26.8. The van der Waals surface area contributed by atoms with E-state index < -0.39 is 41.1 Å². The van der Waals surface area contributed by atoms with Gasteiger partial charge in [0.15, 0.2) is 6.10 Å². The third kappa shape index (κ3) is 6.19. The number of nitrogens with one attached hydrogen (secondary N) is 1. The molecule has 1 N–H and O–H groups in total. The van der Waals surface area contributed by atoms with E-state index in [0.29, 0.717) is 11.3 Å². The Labute approximate surface area is 225 Å². The normalized spacial score (nSPS) is 19.5. The van der Waals surface area contributed by atoms with Crippen LogP contribution in [0.4, 0.5) is 4.79 Å². The Morgan fingerprint density at radius 2 is 1.70 bits per heavy atom. The number of β-lactam (4-membered cyclic amide) rings is 1. The van der Waals surface area contributed by atoms with Gasteiger partial charge in [-0.05, 0) is 37.5 Å². The first-order valence-electron chi connectivity index (χ1n) is 11.9. The van der Waals surface area contributed by atoms with Crippen molar-refractivity contribution in [3.05, 3.63) is 95.2 Å². The molecule has 0 radical (unpaired) electrons. The molecule has 194 valence electrons. The van der Waals surface area contributed by atoms with Crippen molar-refractivity contribution in [2.24, 2.45) is 0 Å². The van der Waals surface area contributed by atoms with Crippen LogP contribution in [0.2, 0.25) is 0 Å². The van der Waals surface area contributed by atoms with Gasteiger partial charge in [-0.1, -0.05) is 72.8 Å². The predicted octanol–water partition coefficient (Wildman–Crippen LogP) is 5.18. The minimum absolute atomic E-state index is 0.161. The minimum Gasteiger partial charge on any atom is -0.448 e. The average Bonchev–Trinajstić information content (AvgIpc) is 2.88.